The lowest BCUT2D eigenvalue weighted by Gasteiger charge is -2.43. The largest absolute Gasteiger partial charge is 0.545 e. The molecule has 0 saturated heterocycles. The Hall–Kier alpha value is -0.613. The third-order valence-corrected chi connectivity index (χ3v) is 11.4. The summed E-state index contributed by atoms with van der Waals surface area (Å²) in [5.41, 5.74) is 2.87. The molecule has 1 saturated carbocycles. The van der Waals surface area contributed by atoms with E-state index in [9.17, 15) is 9.90 Å². The smallest absolute Gasteiger partial charge is 0.200 e. The number of carbonyl (C=O) groups is 1. The zero-order valence-corrected chi connectivity index (χ0v) is 16.1. The molecule has 3 nitrogen and oxygen atoms in total. The molecule has 0 spiro atoms. The molecule has 0 N–H and O–H groups in total. The molecule has 0 aromatic heterocycles. The van der Waals surface area contributed by atoms with Crippen LogP contribution in [0, 0.1) is 5.92 Å². The first-order valence-corrected chi connectivity index (χ1v) is 10.9. The van der Waals surface area contributed by atoms with Gasteiger partial charge in [-0.15, -0.1) is 0 Å². The van der Waals surface area contributed by atoms with E-state index in [4.69, 9.17) is 4.43 Å². The Morgan fingerprint density at radius 2 is 1.59 bits per heavy atom. The van der Waals surface area contributed by atoms with Crippen LogP contribution < -0.4 is 5.11 Å². The monoisotopic (exact) mass is 325 g/mol. The maximum absolute atomic E-state index is 10.6. The molecule has 0 amide bonds. The van der Waals surface area contributed by atoms with Gasteiger partial charge < -0.3 is 14.3 Å². The second-order valence-electron chi connectivity index (χ2n) is 7.69. The van der Waals surface area contributed by atoms with Crippen molar-refractivity contribution in [2.75, 3.05) is 6.61 Å². The highest BCUT2D eigenvalue weighted by Gasteiger charge is 2.45. The number of rotatable bonds is 7. The quantitative estimate of drug-likeness (QED) is 0.524. The van der Waals surface area contributed by atoms with Crippen LogP contribution in [0.2, 0.25) is 16.6 Å². The summed E-state index contributed by atoms with van der Waals surface area (Å²) in [6.45, 7) is 14.7. The maximum atomic E-state index is 10.6. The van der Waals surface area contributed by atoms with E-state index >= 15 is 0 Å². The number of allylic oxidation sites excluding steroid dienone is 1. The summed E-state index contributed by atoms with van der Waals surface area (Å²) in [6.07, 6.45) is 5.12. The average molecular weight is 326 g/mol. The van der Waals surface area contributed by atoms with E-state index in [1.54, 1.807) is 0 Å². The Morgan fingerprint density at radius 3 is 1.95 bits per heavy atom. The third kappa shape index (κ3) is 4.69. The van der Waals surface area contributed by atoms with Gasteiger partial charge in [0.1, 0.15) is 0 Å². The Kier molecular flexibility index (Phi) is 7.33. The maximum Gasteiger partial charge on any atom is 0.200 e. The highest BCUT2D eigenvalue weighted by Crippen LogP contribution is 2.43. The first-order valence-electron chi connectivity index (χ1n) is 8.74. The summed E-state index contributed by atoms with van der Waals surface area (Å²) < 4.78 is 6.66. The molecule has 1 aliphatic carbocycles. The minimum atomic E-state index is -1.77. The molecule has 128 valence electrons. The Labute approximate surface area is 137 Å². The molecule has 1 aliphatic rings. The summed E-state index contributed by atoms with van der Waals surface area (Å²) in [5.74, 6) is -0.488. The molecule has 0 unspecified atom stereocenters. The van der Waals surface area contributed by atoms with Crippen LogP contribution in [-0.2, 0) is 9.22 Å². The number of carboxylic acid groups (broad SMARTS) is 1. The Balaban J connectivity index is 2.63. The highest BCUT2D eigenvalue weighted by atomic mass is 28.4. The van der Waals surface area contributed by atoms with Crippen molar-refractivity contribution in [3.63, 3.8) is 0 Å². The second-order valence-corrected chi connectivity index (χ2v) is 13.2. The van der Waals surface area contributed by atoms with E-state index in [0.29, 0.717) is 22.5 Å². The predicted molar refractivity (Wildman–Crippen MR) is 92.0 cm³/mol. The summed E-state index contributed by atoms with van der Waals surface area (Å²) >= 11 is 0. The summed E-state index contributed by atoms with van der Waals surface area (Å²) in [6, 6.07) is 0. The van der Waals surface area contributed by atoms with Crippen LogP contribution >= 0.6 is 0 Å². The van der Waals surface area contributed by atoms with E-state index in [2.05, 4.69) is 41.5 Å². The Morgan fingerprint density at radius 1 is 1.14 bits per heavy atom. The molecule has 4 heteroatoms. The molecule has 22 heavy (non-hydrogen) atoms. The molecule has 0 aromatic rings. The van der Waals surface area contributed by atoms with Crippen molar-refractivity contribution in [2.24, 2.45) is 5.92 Å². The molecular formula is C18H33O3Si-. The van der Waals surface area contributed by atoms with Gasteiger partial charge in [0, 0.05) is 6.61 Å². The molecule has 1 rings (SSSR count). The molecule has 0 aromatic carbocycles. The third-order valence-electron chi connectivity index (χ3n) is 5.35. The van der Waals surface area contributed by atoms with Crippen molar-refractivity contribution < 1.29 is 14.3 Å². The van der Waals surface area contributed by atoms with Gasteiger partial charge in [-0.1, -0.05) is 47.1 Å². The average Bonchev–Trinajstić information content (AvgIpc) is 2.39. The first kappa shape index (κ1) is 19.4. The standard InChI is InChI=1S/C18H34O3Si/c1-13(2)22(14(3)4,15(5)6)21-12-17-9-7-16(8-10-17)11-18(19)20/h11,13-15,17H,7-10,12H2,1-6H3,(H,19,20)/p-1. The van der Waals surface area contributed by atoms with Crippen LogP contribution in [0.15, 0.2) is 11.6 Å². The van der Waals surface area contributed by atoms with Crippen molar-refractivity contribution in [3.05, 3.63) is 11.6 Å². The van der Waals surface area contributed by atoms with Gasteiger partial charge in [-0.25, -0.2) is 0 Å². The summed E-state index contributed by atoms with van der Waals surface area (Å²) in [4.78, 5) is 10.6. The van der Waals surface area contributed by atoms with Gasteiger partial charge in [-0.05, 0) is 54.3 Å². The topological polar surface area (TPSA) is 49.4 Å². The number of aliphatic carboxylic acids is 1. The number of carboxylic acids is 1. The molecule has 1 fully saturated rings. The first-order chi connectivity index (χ1) is 10.2. The fraction of sp³-hybridized carbons (Fsp3) is 0.833. The van der Waals surface area contributed by atoms with Crippen LogP contribution in [0.4, 0.5) is 0 Å². The molecule has 0 heterocycles. The van der Waals surface area contributed by atoms with Crippen LogP contribution in [0.25, 0.3) is 0 Å². The number of hydrogen-bond acceptors (Lipinski definition) is 3. The van der Waals surface area contributed by atoms with Crippen LogP contribution in [-0.4, -0.2) is 20.9 Å². The van der Waals surface area contributed by atoms with Gasteiger partial charge in [0.15, 0.2) is 8.32 Å². The zero-order chi connectivity index (χ0) is 16.9. The fourth-order valence-corrected chi connectivity index (χ4v) is 9.81. The number of hydrogen-bond donors (Lipinski definition) is 0. The highest BCUT2D eigenvalue weighted by molar-refractivity contribution is 6.77. The van der Waals surface area contributed by atoms with Gasteiger partial charge in [-0.2, -0.15) is 0 Å². The second kappa shape index (κ2) is 8.30. The molecule has 0 aliphatic heterocycles. The number of carbonyl (C=O) groups excluding carboxylic acids is 1. The Bertz CT molecular complexity index is 367. The lowest BCUT2D eigenvalue weighted by Crippen LogP contribution is -2.48. The predicted octanol–water partition coefficient (Wildman–Crippen LogP) is 4.05. The van der Waals surface area contributed by atoms with Gasteiger partial charge in [0.2, 0.25) is 0 Å². The van der Waals surface area contributed by atoms with Crippen LogP contribution in [0.1, 0.15) is 67.2 Å². The SMILES string of the molecule is CC(C)[Si](OCC1CCC(=CC(=O)[O-])CC1)(C(C)C)C(C)C. The lowest BCUT2D eigenvalue weighted by atomic mass is 9.86. The molecular weight excluding hydrogens is 292 g/mol. The van der Waals surface area contributed by atoms with E-state index in [1.807, 2.05) is 0 Å². The van der Waals surface area contributed by atoms with E-state index < -0.39 is 14.3 Å². The van der Waals surface area contributed by atoms with Crippen molar-refractivity contribution >= 4 is 14.3 Å². The van der Waals surface area contributed by atoms with E-state index in [-0.39, 0.29) is 0 Å². The molecule has 0 bridgehead atoms. The molecule has 0 atom stereocenters. The van der Waals surface area contributed by atoms with Crippen LogP contribution in [0.3, 0.4) is 0 Å². The summed E-state index contributed by atoms with van der Waals surface area (Å²) in [5, 5.41) is 10.6. The van der Waals surface area contributed by atoms with Gasteiger partial charge in [-0.3, -0.25) is 0 Å². The van der Waals surface area contributed by atoms with Gasteiger partial charge >= 0.3 is 0 Å². The lowest BCUT2D eigenvalue weighted by molar-refractivity contribution is -0.297. The fourth-order valence-electron chi connectivity index (χ4n) is 4.29. The van der Waals surface area contributed by atoms with Gasteiger partial charge in [0.05, 0.1) is 5.97 Å². The zero-order valence-electron chi connectivity index (χ0n) is 15.1. The van der Waals surface area contributed by atoms with Crippen molar-refractivity contribution in [2.45, 2.75) is 83.8 Å². The minimum Gasteiger partial charge on any atom is -0.545 e. The van der Waals surface area contributed by atoms with Crippen molar-refractivity contribution in [1.29, 1.82) is 0 Å². The summed E-state index contributed by atoms with van der Waals surface area (Å²) in [7, 11) is -1.77. The normalized spacial score (nSPS) is 20.0. The minimum absolute atomic E-state index is 0.571. The van der Waals surface area contributed by atoms with E-state index in [1.165, 1.54) is 6.08 Å². The van der Waals surface area contributed by atoms with Crippen molar-refractivity contribution in [1.82, 2.24) is 0 Å². The van der Waals surface area contributed by atoms with Crippen molar-refractivity contribution in [3.8, 4) is 0 Å². The van der Waals surface area contributed by atoms with Gasteiger partial charge in [0.25, 0.3) is 0 Å². The van der Waals surface area contributed by atoms with Crippen LogP contribution in [0.5, 0.6) is 0 Å². The van der Waals surface area contributed by atoms with E-state index in [0.717, 1.165) is 37.9 Å². The molecule has 0 radical (unpaired) electrons.